The summed E-state index contributed by atoms with van der Waals surface area (Å²) in [6.07, 6.45) is 13.1. The minimum absolute atomic E-state index is 0.350. The Morgan fingerprint density at radius 1 is 1.00 bits per heavy atom. The van der Waals surface area contributed by atoms with E-state index in [0.29, 0.717) is 30.5 Å². The molecule has 2 aliphatic carbocycles. The smallest absolute Gasteiger partial charge is 0.261 e. The molecule has 2 aliphatic rings. The molecule has 0 aliphatic heterocycles. The number of hydrogen-bond acceptors (Lipinski definition) is 6. The molecule has 31 heavy (non-hydrogen) atoms. The predicted octanol–water partition coefficient (Wildman–Crippen LogP) is 5.57. The van der Waals surface area contributed by atoms with Gasteiger partial charge in [-0.05, 0) is 62.8 Å². The van der Waals surface area contributed by atoms with Gasteiger partial charge >= 0.3 is 0 Å². The van der Waals surface area contributed by atoms with Crippen LogP contribution in [0.15, 0.2) is 35.0 Å². The van der Waals surface area contributed by atoms with Crippen LogP contribution < -0.4 is 4.74 Å². The lowest BCUT2D eigenvalue weighted by Gasteiger charge is -2.24. The summed E-state index contributed by atoms with van der Waals surface area (Å²) < 4.78 is 19.3. The number of aromatic nitrogens is 4. The molecule has 0 spiro atoms. The summed E-state index contributed by atoms with van der Waals surface area (Å²) in [6.45, 7) is 0.469. The second kappa shape index (κ2) is 9.22. The molecule has 2 heterocycles. The van der Waals surface area contributed by atoms with E-state index in [-0.39, 0.29) is 0 Å². The maximum absolute atomic E-state index is 6.05. The van der Waals surface area contributed by atoms with Crippen LogP contribution in [0.5, 0.6) is 5.75 Å². The van der Waals surface area contributed by atoms with Gasteiger partial charge in [0, 0.05) is 12.7 Å². The minimum atomic E-state index is 0.350. The van der Waals surface area contributed by atoms with Crippen molar-refractivity contribution < 1.29 is 14.0 Å². The van der Waals surface area contributed by atoms with Gasteiger partial charge in [0.25, 0.3) is 5.89 Å². The van der Waals surface area contributed by atoms with Crippen LogP contribution in [0.2, 0.25) is 0 Å². The molecule has 2 fully saturated rings. The molecular weight excluding hydrogens is 392 g/mol. The number of nitrogens with zero attached hydrogens (tertiary/aromatic N) is 4. The Labute approximate surface area is 182 Å². The number of hydrogen-bond donors (Lipinski definition) is 0. The predicted molar refractivity (Wildman–Crippen MR) is 117 cm³/mol. The van der Waals surface area contributed by atoms with Crippen LogP contribution in [0.25, 0.3) is 22.8 Å². The average Bonchev–Trinajstić information content (AvgIpc) is 3.56. The highest BCUT2D eigenvalue weighted by atomic mass is 16.5. The third-order valence-corrected chi connectivity index (χ3v) is 6.47. The lowest BCUT2D eigenvalue weighted by Crippen LogP contribution is -2.17. The van der Waals surface area contributed by atoms with E-state index in [1.165, 1.54) is 32.1 Å². The number of methoxy groups -OCH3 is 1. The monoisotopic (exact) mass is 422 g/mol. The maximum atomic E-state index is 6.05. The van der Waals surface area contributed by atoms with E-state index in [1.54, 1.807) is 7.11 Å². The fourth-order valence-electron chi connectivity index (χ4n) is 4.82. The van der Waals surface area contributed by atoms with Crippen molar-refractivity contribution in [3.63, 3.8) is 0 Å². The molecule has 0 unspecified atom stereocenters. The van der Waals surface area contributed by atoms with Crippen molar-refractivity contribution in [2.45, 2.75) is 76.5 Å². The Bertz CT molecular complexity index is 983. The zero-order valence-electron chi connectivity index (χ0n) is 18.1. The lowest BCUT2D eigenvalue weighted by molar-refractivity contribution is 0.171. The Balaban J connectivity index is 1.35. The average molecular weight is 423 g/mol. The summed E-state index contributed by atoms with van der Waals surface area (Å²) in [5.41, 5.74) is 2.76. The van der Waals surface area contributed by atoms with Gasteiger partial charge in [-0.15, -0.1) is 0 Å². The van der Waals surface area contributed by atoms with Gasteiger partial charge in [-0.1, -0.05) is 24.4 Å². The summed E-state index contributed by atoms with van der Waals surface area (Å²) in [5.74, 6) is 1.95. The van der Waals surface area contributed by atoms with Crippen LogP contribution in [0.3, 0.4) is 0 Å². The third kappa shape index (κ3) is 4.37. The zero-order valence-corrected chi connectivity index (χ0v) is 18.1. The fourth-order valence-corrected chi connectivity index (χ4v) is 4.82. The van der Waals surface area contributed by atoms with E-state index < -0.39 is 0 Å². The van der Waals surface area contributed by atoms with E-state index in [9.17, 15) is 0 Å². The van der Waals surface area contributed by atoms with E-state index in [0.717, 1.165) is 48.3 Å². The summed E-state index contributed by atoms with van der Waals surface area (Å²) in [7, 11) is 1.70. The van der Waals surface area contributed by atoms with Crippen molar-refractivity contribution in [1.29, 1.82) is 0 Å². The third-order valence-electron chi connectivity index (χ3n) is 6.47. The second-order valence-corrected chi connectivity index (χ2v) is 8.65. The quantitative estimate of drug-likeness (QED) is 0.495. The molecule has 0 saturated heterocycles. The van der Waals surface area contributed by atoms with Gasteiger partial charge in [-0.3, -0.25) is 4.68 Å². The molecule has 0 radical (unpaired) electrons. The van der Waals surface area contributed by atoms with Gasteiger partial charge < -0.3 is 14.0 Å². The molecule has 7 heteroatoms. The largest absolute Gasteiger partial charge is 0.490 e. The maximum Gasteiger partial charge on any atom is 0.261 e. The van der Waals surface area contributed by atoms with Gasteiger partial charge in [-0.2, -0.15) is 10.1 Å². The fraction of sp³-hybridized carbons (Fsp3) is 0.542. The van der Waals surface area contributed by atoms with Gasteiger partial charge in [0.05, 0.1) is 36.2 Å². The number of rotatable bonds is 7. The summed E-state index contributed by atoms with van der Waals surface area (Å²) in [5, 5.41) is 8.88. The van der Waals surface area contributed by atoms with Crippen molar-refractivity contribution in [1.82, 2.24) is 19.9 Å². The Morgan fingerprint density at radius 3 is 2.48 bits per heavy atom. The van der Waals surface area contributed by atoms with Crippen molar-refractivity contribution in [3.8, 4) is 28.6 Å². The van der Waals surface area contributed by atoms with Crippen molar-refractivity contribution in [2.75, 3.05) is 7.11 Å². The van der Waals surface area contributed by atoms with Crippen LogP contribution in [0, 0.1) is 0 Å². The Morgan fingerprint density at radius 2 is 1.74 bits per heavy atom. The molecule has 0 bridgehead atoms. The normalized spacial score (nSPS) is 18.0. The van der Waals surface area contributed by atoms with E-state index in [4.69, 9.17) is 14.0 Å². The summed E-state index contributed by atoms with van der Waals surface area (Å²) in [4.78, 5) is 4.66. The van der Waals surface area contributed by atoms with Crippen LogP contribution in [-0.4, -0.2) is 33.1 Å². The molecule has 7 nitrogen and oxygen atoms in total. The SMILES string of the molecule is COCc1c(-c2nc(-c3ccc(OC4CCCC4)cc3)no2)cnn1C1CCCCC1. The van der Waals surface area contributed by atoms with Crippen LogP contribution in [0.1, 0.15) is 69.5 Å². The van der Waals surface area contributed by atoms with Crippen LogP contribution >= 0.6 is 0 Å². The highest BCUT2D eigenvalue weighted by Gasteiger charge is 2.24. The molecule has 0 N–H and O–H groups in total. The van der Waals surface area contributed by atoms with Crippen LogP contribution in [0.4, 0.5) is 0 Å². The summed E-state index contributed by atoms with van der Waals surface area (Å²) in [6, 6.07) is 8.37. The topological polar surface area (TPSA) is 75.2 Å². The first-order valence-electron chi connectivity index (χ1n) is 11.5. The molecule has 0 atom stereocenters. The molecule has 2 saturated carbocycles. The standard InChI is InChI=1S/C24H30N4O3/c1-29-16-22-21(15-25-28(22)18-7-3-2-4-8-18)24-26-23(27-31-24)17-11-13-20(14-12-17)30-19-9-5-6-10-19/h11-15,18-19H,2-10,16H2,1H3. The molecule has 164 valence electrons. The molecule has 0 amide bonds. The van der Waals surface area contributed by atoms with E-state index in [1.807, 2.05) is 30.5 Å². The van der Waals surface area contributed by atoms with Crippen molar-refractivity contribution in [3.05, 3.63) is 36.2 Å². The first-order chi connectivity index (χ1) is 15.3. The second-order valence-electron chi connectivity index (χ2n) is 8.65. The summed E-state index contributed by atoms with van der Waals surface area (Å²) >= 11 is 0. The van der Waals surface area contributed by atoms with Gasteiger partial charge in [0.2, 0.25) is 5.82 Å². The lowest BCUT2D eigenvalue weighted by atomic mass is 9.95. The number of ether oxygens (including phenoxy) is 2. The minimum Gasteiger partial charge on any atom is -0.490 e. The Kier molecular flexibility index (Phi) is 6.02. The zero-order chi connectivity index (χ0) is 21.0. The highest BCUT2D eigenvalue weighted by Crippen LogP contribution is 2.33. The van der Waals surface area contributed by atoms with Gasteiger partial charge in [0.15, 0.2) is 0 Å². The van der Waals surface area contributed by atoms with E-state index in [2.05, 4.69) is 19.9 Å². The molecule has 5 rings (SSSR count). The van der Waals surface area contributed by atoms with Crippen molar-refractivity contribution in [2.24, 2.45) is 0 Å². The van der Waals surface area contributed by atoms with E-state index >= 15 is 0 Å². The van der Waals surface area contributed by atoms with Gasteiger partial charge in [0.1, 0.15) is 5.75 Å². The molecule has 1 aromatic carbocycles. The molecule has 2 aromatic heterocycles. The molecular formula is C24H30N4O3. The highest BCUT2D eigenvalue weighted by molar-refractivity contribution is 5.61. The first kappa shape index (κ1) is 20.2. The first-order valence-corrected chi connectivity index (χ1v) is 11.5. The van der Waals surface area contributed by atoms with Crippen molar-refractivity contribution >= 4 is 0 Å². The van der Waals surface area contributed by atoms with Gasteiger partial charge in [-0.25, -0.2) is 0 Å². The van der Waals surface area contributed by atoms with Crippen LogP contribution in [-0.2, 0) is 11.3 Å². The molecule has 3 aromatic rings. The number of benzene rings is 1. The Hall–Kier alpha value is -2.67.